The standard InChI is InChI=1S/C17H23NO2/c1-13-10-11-18(16(19)20-17(2,3)4)15(12-13)14-8-6-5-7-9-14/h5-9,12-13H,10-11H2,1-4H3/t13-/m0/s1. The van der Waals surface area contributed by atoms with Gasteiger partial charge in [-0.1, -0.05) is 43.3 Å². The number of amides is 1. The first-order chi connectivity index (χ1) is 9.37. The summed E-state index contributed by atoms with van der Waals surface area (Å²) in [5, 5.41) is 0. The predicted octanol–water partition coefficient (Wildman–Crippen LogP) is 4.30. The van der Waals surface area contributed by atoms with Gasteiger partial charge in [0.05, 0.1) is 5.70 Å². The molecular formula is C17H23NO2. The SMILES string of the molecule is C[C@@H]1C=C(c2ccccc2)N(C(=O)OC(C)(C)C)CC1. The van der Waals surface area contributed by atoms with Crippen LogP contribution in [0.5, 0.6) is 0 Å². The first-order valence-electron chi connectivity index (χ1n) is 7.14. The van der Waals surface area contributed by atoms with Crippen molar-refractivity contribution in [2.75, 3.05) is 6.54 Å². The molecule has 0 bridgehead atoms. The van der Waals surface area contributed by atoms with Crippen molar-refractivity contribution >= 4 is 11.8 Å². The van der Waals surface area contributed by atoms with Gasteiger partial charge in [-0.05, 0) is 38.7 Å². The Labute approximate surface area is 121 Å². The first-order valence-corrected chi connectivity index (χ1v) is 7.14. The quantitative estimate of drug-likeness (QED) is 0.763. The Morgan fingerprint density at radius 3 is 2.50 bits per heavy atom. The van der Waals surface area contributed by atoms with E-state index in [1.165, 1.54) is 0 Å². The lowest BCUT2D eigenvalue weighted by atomic mass is 9.98. The molecule has 108 valence electrons. The minimum absolute atomic E-state index is 0.264. The van der Waals surface area contributed by atoms with Gasteiger partial charge in [-0.3, -0.25) is 4.90 Å². The molecule has 0 saturated carbocycles. The van der Waals surface area contributed by atoms with E-state index in [-0.39, 0.29) is 6.09 Å². The lowest BCUT2D eigenvalue weighted by Crippen LogP contribution is -2.38. The van der Waals surface area contributed by atoms with E-state index in [9.17, 15) is 4.79 Å². The zero-order chi connectivity index (χ0) is 14.8. The minimum Gasteiger partial charge on any atom is -0.443 e. The summed E-state index contributed by atoms with van der Waals surface area (Å²) in [5.74, 6) is 0.476. The predicted molar refractivity (Wildman–Crippen MR) is 81.1 cm³/mol. The number of carbonyl (C=O) groups is 1. The normalized spacial score (nSPS) is 19.5. The van der Waals surface area contributed by atoms with Crippen LogP contribution in [0.4, 0.5) is 4.79 Å². The van der Waals surface area contributed by atoms with Gasteiger partial charge in [0.1, 0.15) is 5.60 Å². The average molecular weight is 273 g/mol. The molecule has 1 aromatic carbocycles. The van der Waals surface area contributed by atoms with E-state index < -0.39 is 5.60 Å². The number of ether oxygens (including phenoxy) is 1. The molecule has 1 atom stereocenters. The van der Waals surface area contributed by atoms with Crippen molar-refractivity contribution < 1.29 is 9.53 Å². The van der Waals surface area contributed by atoms with Crippen LogP contribution in [0, 0.1) is 5.92 Å². The number of benzene rings is 1. The van der Waals surface area contributed by atoms with E-state index in [2.05, 4.69) is 13.0 Å². The third-order valence-corrected chi connectivity index (χ3v) is 3.22. The molecule has 0 N–H and O–H groups in total. The highest BCUT2D eigenvalue weighted by atomic mass is 16.6. The van der Waals surface area contributed by atoms with Crippen molar-refractivity contribution in [2.45, 2.75) is 39.7 Å². The van der Waals surface area contributed by atoms with E-state index in [4.69, 9.17) is 4.74 Å². The summed E-state index contributed by atoms with van der Waals surface area (Å²) >= 11 is 0. The summed E-state index contributed by atoms with van der Waals surface area (Å²) in [4.78, 5) is 14.1. The minimum atomic E-state index is -0.470. The molecule has 1 heterocycles. The molecule has 1 amide bonds. The maximum absolute atomic E-state index is 12.4. The molecule has 2 rings (SSSR count). The molecule has 0 unspecified atom stereocenters. The van der Waals surface area contributed by atoms with Gasteiger partial charge < -0.3 is 4.74 Å². The van der Waals surface area contributed by atoms with Crippen LogP contribution >= 0.6 is 0 Å². The summed E-state index contributed by atoms with van der Waals surface area (Å²) in [6.45, 7) is 8.56. The maximum Gasteiger partial charge on any atom is 0.414 e. The van der Waals surface area contributed by atoms with Crippen molar-refractivity contribution in [2.24, 2.45) is 5.92 Å². The number of rotatable bonds is 1. The maximum atomic E-state index is 12.4. The van der Waals surface area contributed by atoms with Gasteiger partial charge >= 0.3 is 6.09 Å². The Bertz CT molecular complexity index is 499. The van der Waals surface area contributed by atoms with E-state index in [0.717, 1.165) is 17.7 Å². The van der Waals surface area contributed by atoms with Crippen molar-refractivity contribution in [3.8, 4) is 0 Å². The van der Waals surface area contributed by atoms with Crippen LogP contribution in [-0.2, 0) is 4.74 Å². The van der Waals surface area contributed by atoms with E-state index in [1.54, 1.807) is 4.90 Å². The molecule has 0 radical (unpaired) electrons. The van der Waals surface area contributed by atoms with Crippen molar-refractivity contribution in [1.29, 1.82) is 0 Å². The largest absolute Gasteiger partial charge is 0.443 e. The highest BCUT2D eigenvalue weighted by Crippen LogP contribution is 2.29. The highest BCUT2D eigenvalue weighted by Gasteiger charge is 2.28. The van der Waals surface area contributed by atoms with Crippen molar-refractivity contribution in [3.05, 3.63) is 42.0 Å². The number of hydrogen-bond acceptors (Lipinski definition) is 2. The third kappa shape index (κ3) is 3.62. The zero-order valence-corrected chi connectivity index (χ0v) is 12.7. The molecule has 1 aliphatic rings. The van der Waals surface area contributed by atoms with Crippen molar-refractivity contribution in [3.63, 3.8) is 0 Å². The van der Waals surface area contributed by atoms with E-state index >= 15 is 0 Å². The summed E-state index contributed by atoms with van der Waals surface area (Å²) in [6, 6.07) is 10.0. The molecule has 0 aliphatic carbocycles. The van der Waals surface area contributed by atoms with E-state index in [0.29, 0.717) is 12.5 Å². The van der Waals surface area contributed by atoms with Gasteiger partial charge in [0, 0.05) is 6.54 Å². The molecule has 3 heteroatoms. The smallest absolute Gasteiger partial charge is 0.414 e. The van der Waals surface area contributed by atoms with Crippen LogP contribution in [0.2, 0.25) is 0 Å². The third-order valence-electron chi connectivity index (χ3n) is 3.22. The van der Waals surface area contributed by atoms with Gasteiger partial charge in [0.25, 0.3) is 0 Å². The Balaban J connectivity index is 2.27. The summed E-state index contributed by atoms with van der Waals surface area (Å²) in [7, 11) is 0. The first kappa shape index (κ1) is 14.6. The monoisotopic (exact) mass is 273 g/mol. The topological polar surface area (TPSA) is 29.5 Å². The molecule has 0 spiro atoms. The highest BCUT2D eigenvalue weighted by molar-refractivity contribution is 5.82. The number of allylic oxidation sites excluding steroid dienone is 1. The average Bonchev–Trinajstić information content (AvgIpc) is 2.37. The summed E-state index contributed by atoms with van der Waals surface area (Å²) in [6.07, 6.45) is 2.86. The van der Waals surface area contributed by atoms with Crippen LogP contribution in [0.3, 0.4) is 0 Å². The van der Waals surface area contributed by atoms with Gasteiger partial charge in [0.15, 0.2) is 0 Å². The Morgan fingerprint density at radius 2 is 1.90 bits per heavy atom. The summed E-state index contributed by atoms with van der Waals surface area (Å²) < 4.78 is 5.51. The molecule has 1 aliphatic heterocycles. The Morgan fingerprint density at radius 1 is 1.25 bits per heavy atom. The zero-order valence-electron chi connectivity index (χ0n) is 12.7. The Hall–Kier alpha value is -1.77. The van der Waals surface area contributed by atoms with Crippen LogP contribution in [0.15, 0.2) is 36.4 Å². The molecule has 0 saturated heterocycles. The lowest BCUT2D eigenvalue weighted by molar-refractivity contribution is 0.0341. The number of hydrogen-bond donors (Lipinski definition) is 0. The summed E-state index contributed by atoms with van der Waals surface area (Å²) in [5.41, 5.74) is 1.55. The fraction of sp³-hybridized carbons (Fsp3) is 0.471. The molecule has 1 aromatic rings. The molecule has 3 nitrogen and oxygen atoms in total. The van der Waals surface area contributed by atoms with E-state index in [1.807, 2.05) is 51.1 Å². The number of nitrogens with zero attached hydrogens (tertiary/aromatic N) is 1. The molecule has 0 aromatic heterocycles. The van der Waals surface area contributed by atoms with Crippen LogP contribution in [-0.4, -0.2) is 23.1 Å². The fourth-order valence-electron chi connectivity index (χ4n) is 2.26. The van der Waals surface area contributed by atoms with Gasteiger partial charge in [-0.15, -0.1) is 0 Å². The van der Waals surface area contributed by atoms with Gasteiger partial charge in [-0.25, -0.2) is 4.79 Å². The Kier molecular flexibility index (Phi) is 4.17. The number of carbonyl (C=O) groups excluding carboxylic acids is 1. The van der Waals surface area contributed by atoms with Crippen LogP contribution < -0.4 is 0 Å². The second kappa shape index (κ2) is 5.70. The molecular weight excluding hydrogens is 250 g/mol. The van der Waals surface area contributed by atoms with Crippen LogP contribution in [0.1, 0.15) is 39.7 Å². The van der Waals surface area contributed by atoms with Gasteiger partial charge in [-0.2, -0.15) is 0 Å². The van der Waals surface area contributed by atoms with Gasteiger partial charge in [0.2, 0.25) is 0 Å². The second-order valence-corrected chi connectivity index (χ2v) is 6.32. The van der Waals surface area contributed by atoms with Crippen LogP contribution in [0.25, 0.3) is 5.70 Å². The second-order valence-electron chi connectivity index (χ2n) is 6.32. The molecule has 0 fully saturated rings. The fourth-order valence-corrected chi connectivity index (χ4v) is 2.26. The molecule has 20 heavy (non-hydrogen) atoms. The lowest BCUT2D eigenvalue weighted by Gasteiger charge is -2.33. The van der Waals surface area contributed by atoms with Crippen molar-refractivity contribution in [1.82, 2.24) is 4.90 Å².